The number of hydrogen-bond donors (Lipinski definition) is 0. The van der Waals surface area contributed by atoms with Gasteiger partial charge in [-0.05, 0) is 212 Å². The molecule has 0 saturated carbocycles. The third-order valence-electron chi connectivity index (χ3n) is 21.4. The molecule has 0 atom stereocenters. The normalized spacial score (nSPS) is 12.1. The number of benzene rings is 8. The van der Waals surface area contributed by atoms with Gasteiger partial charge in [-0.1, -0.05) is 255 Å². The quantitative estimate of drug-likeness (QED) is 0.0303. The molecule has 0 aliphatic carbocycles. The van der Waals surface area contributed by atoms with Crippen molar-refractivity contribution in [2.45, 2.75) is 261 Å². The topological polar surface area (TPSA) is 106 Å². The van der Waals surface area contributed by atoms with Crippen LogP contribution in [0.5, 0.6) is 0 Å². The van der Waals surface area contributed by atoms with Crippen LogP contribution in [0.2, 0.25) is 0 Å². The van der Waals surface area contributed by atoms with Crippen molar-refractivity contribution in [3.63, 3.8) is 0 Å². The van der Waals surface area contributed by atoms with E-state index in [0.717, 1.165) is 249 Å². The molecule has 1 radical (unpaired) electrons. The summed E-state index contributed by atoms with van der Waals surface area (Å²) in [4.78, 5) is 48.6. The Hall–Kier alpha value is -7.32. The van der Waals surface area contributed by atoms with E-state index in [2.05, 4.69) is 152 Å². The minimum atomic E-state index is 0. The summed E-state index contributed by atoms with van der Waals surface area (Å²) in [6.45, 7) is 18.6. The number of nitrogens with zero attached hydrogens (tertiary/aromatic N) is 8. The SMILES string of the molecule is CCCCCc1c2c(c(CCCCC)c3ccccc13)-c1nc-2nc2[n-]c(nc3nc(nc4[n-]c(n1)c1c(CCCCC)c5ccccc5c(CCCCC)c41)-c1c-3c(CCCCC)c3ccccc3c1CCCCC)c1c(CCCCC)c3ccccc3c(CCCCC)c21.[Cu+2]. The second kappa shape index (κ2) is 32.6. The summed E-state index contributed by atoms with van der Waals surface area (Å²) in [6, 6.07) is 37.0. The Morgan fingerprint density at radius 3 is 0.557 bits per heavy atom. The summed E-state index contributed by atoms with van der Waals surface area (Å²) in [6.07, 6.45) is 33.8. The van der Waals surface area contributed by atoms with E-state index in [0.29, 0.717) is 45.9 Å². The standard InChI is InChI=1S/C88H104N8.Cu/c1-9-17-25-49-65-57-41-33-34-42-58(57)66(50-26-18-10-2)74-73(65)81-89-82(74)94-84-77-69(53-29-21-13-5)61-45-37-38-46-62(61)70(54-30-22-14-6)78(77)86(91-84)96-88-80-72(56-32-24-16-8)64-48-40-39-47-63(64)71(55-31-23-15-7)79(80)87(92-88)95-85-76-68(52-28-20-12-4)60-44-36-35-43-59(60)67(51-27-19-11-3)75(76)83(90-85)93-81;/h33-48H,9-32,49-56H2,1-8H3;/q-2;+2. The number of fused-ring (bicyclic) bond motifs is 24. The summed E-state index contributed by atoms with van der Waals surface area (Å²) >= 11 is 0. The summed E-state index contributed by atoms with van der Waals surface area (Å²) in [5.41, 5.74) is 17.8. The van der Waals surface area contributed by atoms with Crippen LogP contribution in [0.4, 0.5) is 0 Å². The Labute approximate surface area is 588 Å². The zero-order valence-corrected chi connectivity index (χ0v) is 60.7. The van der Waals surface area contributed by atoms with Crippen LogP contribution in [0.3, 0.4) is 0 Å². The van der Waals surface area contributed by atoms with E-state index in [9.17, 15) is 0 Å². The van der Waals surface area contributed by atoms with Crippen LogP contribution in [0, 0.1) is 0 Å². The van der Waals surface area contributed by atoms with Gasteiger partial charge >= 0.3 is 17.1 Å². The van der Waals surface area contributed by atoms with Crippen molar-refractivity contribution in [1.82, 2.24) is 39.9 Å². The smallest absolute Gasteiger partial charge is 0.357 e. The van der Waals surface area contributed by atoms with Gasteiger partial charge in [0, 0.05) is 44.8 Å². The molecule has 9 heteroatoms. The summed E-state index contributed by atoms with van der Waals surface area (Å²) in [7, 11) is 0. The minimum absolute atomic E-state index is 0. The van der Waals surface area contributed by atoms with E-state index >= 15 is 0 Å². The van der Waals surface area contributed by atoms with Crippen molar-refractivity contribution in [1.29, 1.82) is 0 Å². The third kappa shape index (κ3) is 13.7. The summed E-state index contributed by atoms with van der Waals surface area (Å²) in [5.74, 6) is 2.80. The van der Waals surface area contributed by atoms with Gasteiger partial charge in [-0.25, -0.2) is 9.97 Å². The molecule has 8 bridgehead atoms. The van der Waals surface area contributed by atoms with E-state index in [1.807, 2.05) is 0 Å². The van der Waals surface area contributed by atoms with E-state index in [1.165, 1.54) is 87.6 Å². The van der Waals surface area contributed by atoms with Crippen LogP contribution >= 0.6 is 0 Å². The van der Waals surface area contributed by atoms with E-state index in [1.54, 1.807) is 0 Å². The molecule has 0 N–H and O–H groups in total. The molecule has 0 amide bonds. The fourth-order valence-electron chi connectivity index (χ4n) is 16.7. The molecule has 0 saturated heterocycles. The molecular formula is C88H104CuN8. The molecule has 8 nitrogen and oxygen atoms in total. The summed E-state index contributed by atoms with van der Waals surface area (Å²) < 4.78 is 0. The van der Waals surface area contributed by atoms with Crippen LogP contribution in [-0.4, -0.2) is 29.9 Å². The Morgan fingerprint density at radius 1 is 0.216 bits per heavy atom. The molecule has 3 aromatic heterocycles. The fourth-order valence-corrected chi connectivity index (χ4v) is 16.7. The molecule has 8 aromatic carbocycles. The minimum Gasteiger partial charge on any atom is -0.357 e. The van der Waals surface area contributed by atoms with Crippen molar-refractivity contribution >= 4 is 87.2 Å². The van der Waals surface area contributed by atoms with Crippen LogP contribution < -0.4 is 9.97 Å². The second-order valence-corrected chi connectivity index (χ2v) is 28.2. The van der Waals surface area contributed by atoms with Crippen molar-refractivity contribution in [2.24, 2.45) is 0 Å². The largest absolute Gasteiger partial charge is 2.00 e. The Balaban J connectivity index is 0.00000897. The van der Waals surface area contributed by atoms with Gasteiger partial charge in [-0.3, -0.25) is 0 Å². The number of aryl methyl sites for hydroxylation is 8. The number of rotatable bonds is 32. The molecular weight excluding hydrogens is 1230 g/mol. The molecule has 2 aliphatic rings. The average Bonchev–Trinajstić information content (AvgIpc) is 1.57. The van der Waals surface area contributed by atoms with Crippen molar-refractivity contribution in [3.05, 3.63) is 142 Å². The van der Waals surface area contributed by atoms with Crippen LogP contribution in [0.1, 0.15) is 254 Å². The first-order valence-corrected chi connectivity index (χ1v) is 38.4. The molecule has 11 aromatic rings. The van der Waals surface area contributed by atoms with Crippen molar-refractivity contribution in [2.75, 3.05) is 0 Å². The first kappa shape index (κ1) is 69.6. The molecule has 97 heavy (non-hydrogen) atoms. The average molecular weight is 1340 g/mol. The van der Waals surface area contributed by atoms with Gasteiger partial charge in [0.15, 0.2) is 0 Å². The maximum atomic E-state index is 6.14. The van der Waals surface area contributed by atoms with E-state index < -0.39 is 0 Å². The van der Waals surface area contributed by atoms with E-state index in [-0.39, 0.29) is 17.1 Å². The van der Waals surface area contributed by atoms with Gasteiger partial charge < -0.3 is 29.9 Å². The molecule has 13 rings (SSSR count). The zero-order valence-electron chi connectivity index (χ0n) is 59.7. The predicted molar refractivity (Wildman–Crippen MR) is 410 cm³/mol. The molecule has 0 unspecified atom stereocenters. The molecule has 507 valence electrons. The first-order chi connectivity index (χ1) is 47.4. The monoisotopic (exact) mass is 1340 g/mol. The van der Waals surface area contributed by atoms with E-state index in [4.69, 9.17) is 39.9 Å². The number of unbranched alkanes of at least 4 members (excludes halogenated alkanes) is 16. The third-order valence-corrected chi connectivity index (χ3v) is 21.4. The van der Waals surface area contributed by atoms with Gasteiger partial charge in [0.2, 0.25) is 0 Å². The first-order valence-electron chi connectivity index (χ1n) is 38.4. The zero-order chi connectivity index (χ0) is 66.1. The van der Waals surface area contributed by atoms with Gasteiger partial charge in [-0.2, -0.15) is 0 Å². The molecule has 0 fully saturated rings. The molecule has 2 aliphatic heterocycles. The van der Waals surface area contributed by atoms with Gasteiger partial charge in [0.1, 0.15) is 0 Å². The Kier molecular flexibility index (Phi) is 23.4. The number of hydrogen-bond acceptors (Lipinski definition) is 6. The Bertz CT molecular complexity index is 4210. The molecule has 5 heterocycles. The van der Waals surface area contributed by atoms with Crippen LogP contribution in [0.25, 0.3) is 133 Å². The van der Waals surface area contributed by atoms with Gasteiger partial charge in [0.05, 0.1) is 23.3 Å². The maximum Gasteiger partial charge on any atom is 2.00 e. The van der Waals surface area contributed by atoms with Crippen LogP contribution in [-0.2, 0) is 68.4 Å². The molecule has 0 spiro atoms. The second-order valence-electron chi connectivity index (χ2n) is 28.2. The van der Waals surface area contributed by atoms with Crippen molar-refractivity contribution in [3.8, 4) is 45.6 Å². The fraction of sp³-hybridized carbons (Fsp3) is 0.455. The van der Waals surface area contributed by atoms with Crippen LogP contribution in [0.15, 0.2) is 97.1 Å². The maximum absolute atomic E-state index is 6.14. The predicted octanol–water partition coefficient (Wildman–Crippen LogP) is 24.6. The Morgan fingerprint density at radius 2 is 0.381 bits per heavy atom. The van der Waals surface area contributed by atoms with Crippen molar-refractivity contribution < 1.29 is 17.1 Å². The van der Waals surface area contributed by atoms with Gasteiger partial charge in [-0.15, -0.1) is 0 Å². The summed E-state index contributed by atoms with van der Waals surface area (Å²) in [5, 5.41) is 14.9. The number of aromatic nitrogens is 8. The van der Waals surface area contributed by atoms with Gasteiger partial charge in [0.25, 0.3) is 0 Å².